The minimum Gasteiger partial charge on any atom is -0.313 e. The van der Waals surface area contributed by atoms with Crippen LogP contribution in [0.2, 0.25) is 4.34 Å². The first-order valence-electron chi connectivity index (χ1n) is 7.34. The van der Waals surface area contributed by atoms with Gasteiger partial charge in [0.25, 0.3) is 0 Å². The predicted octanol–water partition coefficient (Wildman–Crippen LogP) is 5.41. The number of thiophene rings is 1. The van der Waals surface area contributed by atoms with Gasteiger partial charge in [-0.15, -0.1) is 23.1 Å². The normalized spacial score (nSPS) is 12.5. The van der Waals surface area contributed by atoms with Crippen LogP contribution in [0.25, 0.3) is 0 Å². The van der Waals surface area contributed by atoms with E-state index in [-0.39, 0.29) is 0 Å². The van der Waals surface area contributed by atoms with Crippen molar-refractivity contribution in [3.63, 3.8) is 0 Å². The summed E-state index contributed by atoms with van der Waals surface area (Å²) in [5.74, 6) is 1.08. The Bertz CT molecular complexity index is 553. The van der Waals surface area contributed by atoms with Gasteiger partial charge in [0.1, 0.15) is 0 Å². The van der Waals surface area contributed by atoms with Crippen LogP contribution in [0.4, 0.5) is 0 Å². The van der Waals surface area contributed by atoms with Gasteiger partial charge in [-0.05, 0) is 50.6 Å². The summed E-state index contributed by atoms with van der Waals surface area (Å²) in [6.07, 6.45) is 2.22. The molecule has 0 saturated carbocycles. The van der Waals surface area contributed by atoms with E-state index in [4.69, 9.17) is 11.6 Å². The van der Waals surface area contributed by atoms with Crippen LogP contribution in [0.5, 0.6) is 0 Å². The Balaban J connectivity index is 1.92. The summed E-state index contributed by atoms with van der Waals surface area (Å²) in [5.41, 5.74) is 1.32. The van der Waals surface area contributed by atoms with Gasteiger partial charge in [-0.2, -0.15) is 0 Å². The third-order valence-electron chi connectivity index (χ3n) is 3.20. The first-order chi connectivity index (χ1) is 10.2. The minimum absolute atomic E-state index is 0.491. The molecular weight excluding hydrogens is 318 g/mol. The number of aryl methyl sites for hydroxylation is 1. The first-order valence-corrected chi connectivity index (χ1v) is 9.52. The van der Waals surface area contributed by atoms with Crippen molar-refractivity contribution in [1.29, 1.82) is 0 Å². The zero-order valence-corrected chi connectivity index (χ0v) is 15.0. The molecule has 0 radical (unpaired) electrons. The van der Waals surface area contributed by atoms with Crippen molar-refractivity contribution in [3.05, 3.63) is 51.2 Å². The zero-order chi connectivity index (χ0) is 15.1. The maximum atomic E-state index is 6.03. The number of thioether (sulfide) groups is 1. The van der Waals surface area contributed by atoms with E-state index < -0.39 is 0 Å². The topological polar surface area (TPSA) is 12.0 Å². The molecule has 0 aliphatic heterocycles. The molecule has 0 spiro atoms. The Kier molecular flexibility index (Phi) is 7.11. The van der Waals surface area contributed by atoms with Crippen molar-refractivity contribution in [2.45, 2.75) is 37.6 Å². The number of halogens is 1. The van der Waals surface area contributed by atoms with Crippen LogP contribution in [0.3, 0.4) is 0 Å². The molecule has 1 N–H and O–H groups in total. The summed E-state index contributed by atoms with van der Waals surface area (Å²) in [4.78, 5) is 2.71. The van der Waals surface area contributed by atoms with Gasteiger partial charge in [0.2, 0.25) is 0 Å². The lowest BCUT2D eigenvalue weighted by Crippen LogP contribution is -2.33. The molecule has 0 fully saturated rings. The van der Waals surface area contributed by atoms with Gasteiger partial charge in [0.05, 0.1) is 4.34 Å². The summed E-state index contributed by atoms with van der Waals surface area (Å²) < 4.78 is 0.880. The molecule has 1 aromatic heterocycles. The fourth-order valence-corrected chi connectivity index (χ4v) is 4.39. The highest BCUT2D eigenvalue weighted by atomic mass is 35.5. The predicted molar refractivity (Wildman–Crippen MR) is 97.0 cm³/mol. The molecule has 2 rings (SSSR count). The summed E-state index contributed by atoms with van der Waals surface area (Å²) in [6, 6.07) is 13.3. The molecule has 114 valence electrons. The lowest BCUT2D eigenvalue weighted by Gasteiger charge is -2.17. The number of hydrogen-bond acceptors (Lipinski definition) is 3. The Morgan fingerprint density at radius 1 is 1.29 bits per heavy atom. The van der Waals surface area contributed by atoms with Crippen molar-refractivity contribution in [2.24, 2.45) is 0 Å². The highest BCUT2D eigenvalue weighted by Crippen LogP contribution is 2.25. The Morgan fingerprint density at radius 2 is 2.14 bits per heavy atom. The average molecular weight is 340 g/mol. The number of hydrogen-bond donors (Lipinski definition) is 1. The summed E-state index contributed by atoms with van der Waals surface area (Å²) in [5, 5.41) is 3.65. The van der Waals surface area contributed by atoms with Crippen LogP contribution >= 0.6 is 34.7 Å². The maximum Gasteiger partial charge on any atom is 0.0931 e. The lowest BCUT2D eigenvalue weighted by atomic mass is 10.2. The van der Waals surface area contributed by atoms with E-state index in [1.165, 1.54) is 15.3 Å². The first kappa shape index (κ1) is 16.9. The van der Waals surface area contributed by atoms with Gasteiger partial charge >= 0.3 is 0 Å². The molecule has 21 heavy (non-hydrogen) atoms. The van der Waals surface area contributed by atoms with Gasteiger partial charge in [0.15, 0.2) is 0 Å². The Labute approximate surface area is 141 Å². The van der Waals surface area contributed by atoms with E-state index in [9.17, 15) is 0 Å². The molecule has 0 aliphatic carbocycles. The molecule has 0 aliphatic rings. The van der Waals surface area contributed by atoms with E-state index in [1.807, 2.05) is 17.8 Å². The molecule has 0 saturated heterocycles. The molecule has 4 heteroatoms. The van der Waals surface area contributed by atoms with Gasteiger partial charge in [0, 0.05) is 21.6 Å². The van der Waals surface area contributed by atoms with Crippen LogP contribution in [0.1, 0.15) is 23.8 Å². The quantitative estimate of drug-likeness (QED) is 0.645. The third-order valence-corrected chi connectivity index (χ3v) is 5.61. The molecule has 1 unspecified atom stereocenters. The van der Waals surface area contributed by atoms with Gasteiger partial charge < -0.3 is 5.32 Å². The fraction of sp³-hybridized carbons (Fsp3) is 0.412. The van der Waals surface area contributed by atoms with Crippen molar-refractivity contribution >= 4 is 34.7 Å². The number of nitrogens with one attached hydrogen (secondary N) is 1. The molecule has 1 heterocycles. The van der Waals surface area contributed by atoms with E-state index >= 15 is 0 Å². The Morgan fingerprint density at radius 3 is 2.81 bits per heavy atom. The van der Waals surface area contributed by atoms with Gasteiger partial charge in [-0.3, -0.25) is 0 Å². The van der Waals surface area contributed by atoms with Gasteiger partial charge in [-0.1, -0.05) is 36.2 Å². The highest BCUT2D eigenvalue weighted by molar-refractivity contribution is 7.99. The number of benzene rings is 1. The SMILES string of the molecule is CCCNC(CSc1cccc(C)c1)Cc1ccc(Cl)s1. The second-order valence-electron chi connectivity index (χ2n) is 5.19. The maximum absolute atomic E-state index is 6.03. The second-order valence-corrected chi connectivity index (χ2v) is 8.08. The summed E-state index contributed by atoms with van der Waals surface area (Å²) in [7, 11) is 0. The van der Waals surface area contributed by atoms with E-state index in [0.717, 1.165) is 29.5 Å². The van der Waals surface area contributed by atoms with Crippen molar-refractivity contribution in [1.82, 2.24) is 5.32 Å². The fourth-order valence-electron chi connectivity index (χ4n) is 2.14. The molecule has 0 bridgehead atoms. The number of rotatable bonds is 8. The summed E-state index contributed by atoms with van der Waals surface area (Å²) >= 11 is 9.65. The molecule has 1 nitrogen and oxygen atoms in total. The third kappa shape index (κ3) is 6.03. The van der Waals surface area contributed by atoms with Crippen LogP contribution < -0.4 is 5.32 Å². The van der Waals surface area contributed by atoms with Crippen molar-refractivity contribution in [3.8, 4) is 0 Å². The van der Waals surface area contributed by atoms with Crippen LogP contribution in [0.15, 0.2) is 41.3 Å². The molecular formula is C17H22ClNS2. The standard InChI is InChI=1S/C17H22ClNS2/c1-3-9-19-14(11-16-7-8-17(18)21-16)12-20-15-6-4-5-13(2)10-15/h4-8,10,14,19H,3,9,11-12H2,1-2H3. The molecule has 0 amide bonds. The molecule has 1 aromatic carbocycles. The van der Waals surface area contributed by atoms with Crippen LogP contribution in [-0.2, 0) is 6.42 Å². The van der Waals surface area contributed by atoms with Crippen LogP contribution in [0, 0.1) is 6.92 Å². The average Bonchev–Trinajstić information content (AvgIpc) is 2.87. The van der Waals surface area contributed by atoms with Crippen molar-refractivity contribution in [2.75, 3.05) is 12.3 Å². The highest BCUT2D eigenvalue weighted by Gasteiger charge is 2.11. The largest absolute Gasteiger partial charge is 0.313 e. The Hall–Kier alpha value is -0.480. The molecule has 2 aromatic rings. The minimum atomic E-state index is 0.491. The lowest BCUT2D eigenvalue weighted by molar-refractivity contribution is 0.553. The smallest absolute Gasteiger partial charge is 0.0931 e. The van der Waals surface area contributed by atoms with Crippen molar-refractivity contribution < 1.29 is 0 Å². The molecule has 1 atom stereocenters. The second kappa shape index (κ2) is 8.84. The van der Waals surface area contributed by atoms with E-state index in [2.05, 4.69) is 49.5 Å². The van der Waals surface area contributed by atoms with E-state index in [0.29, 0.717) is 6.04 Å². The monoisotopic (exact) mass is 339 g/mol. The van der Waals surface area contributed by atoms with E-state index in [1.54, 1.807) is 11.3 Å². The summed E-state index contributed by atoms with van der Waals surface area (Å²) in [6.45, 7) is 5.42. The van der Waals surface area contributed by atoms with Crippen LogP contribution in [-0.4, -0.2) is 18.3 Å². The van der Waals surface area contributed by atoms with Gasteiger partial charge in [-0.25, -0.2) is 0 Å². The zero-order valence-electron chi connectivity index (χ0n) is 12.6.